The summed E-state index contributed by atoms with van der Waals surface area (Å²) in [5.74, 6) is -1.18. The van der Waals surface area contributed by atoms with Crippen LogP contribution in [0.3, 0.4) is 0 Å². The summed E-state index contributed by atoms with van der Waals surface area (Å²) in [4.78, 5) is 49.9. The number of unbranched alkanes of at least 4 members (excludes halogenated alkanes) is 2. The minimum atomic E-state index is -0.358. The first-order valence-electron chi connectivity index (χ1n) is 17.3. The highest BCUT2D eigenvalue weighted by Crippen LogP contribution is 2.23. The molecule has 0 bridgehead atoms. The first-order valence-corrected chi connectivity index (χ1v) is 18.1. The van der Waals surface area contributed by atoms with E-state index in [4.69, 9.17) is 42.1 Å². The van der Waals surface area contributed by atoms with E-state index in [0.717, 1.165) is 45.2 Å². The van der Waals surface area contributed by atoms with Gasteiger partial charge in [-0.2, -0.15) is 0 Å². The lowest BCUT2D eigenvalue weighted by molar-refractivity contribution is -0.916. The third-order valence-corrected chi connectivity index (χ3v) is 9.97. The topological polar surface area (TPSA) is 105 Å². The van der Waals surface area contributed by atoms with Gasteiger partial charge in [-0.25, -0.2) is 9.59 Å². The van der Waals surface area contributed by atoms with Crippen molar-refractivity contribution < 1.29 is 81.1 Å². The van der Waals surface area contributed by atoms with Crippen molar-refractivity contribution in [2.75, 3.05) is 66.6 Å². The molecule has 0 aromatic heterocycles. The van der Waals surface area contributed by atoms with Crippen LogP contribution in [0.1, 0.15) is 78.5 Å². The van der Waals surface area contributed by atoms with Gasteiger partial charge in [0, 0.05) is 22.9 Å². The zero-order valence-corrected chi connectivity index (χ0v) is 34.2. The highest BCUT2D eigenvalue weighted by Gasteiger charge is 2.35. The lowest BCUT2D eigenvalue weighted by atomic mass is 10.1. The average Bonchev–Trinajstić information content (AvgIpc) is 3.07. The summed E-state index contributed by atoms with van der Waals surface area (Å²) in [6, 6.07) is 13.3. The Kier molecular flexibility index (Phi) is 19.5. The monoisotopic (exact) mass is 878 g/mol. The highest BCUT2D eigenvalue weighted by atomic mass is 79.9. The fraction of sp³-hybridized carbons (Fsp3) is 0.568. The van der Waals surface area contributed by atoms with E-state index in [1.54, 1.807) is 48.5 Å². The van der Waals surface area contributed by atoms with Gasteiger partial charge >= 0.3 is 23.9 Å². The number of quaternary nitrogens is 2. The second-order valence-corrected chi connectivity index (χ2v) is 14.7. The Morgan fingerprint density at radius 1 is 0.627 bits per heavy atom. The first kappa shape index (κ1) is 44.9. The number of ether oxygens (including phenoxy) is 4. The van der Waals surface area contributed by atoms with Gasteiger partial charge in [0.2, 0.25) is 0 Å². The Hall–Kier alpha value is -2.22. The summed E-state index contributed by atoms with van der Waals surface area (Å²) >= 11 is 11.8. The lowest BCUT2D eigenvalue weighted by Gasteiger charge is -2.40. The summed E-state index contributed by atoms with van der Waals surface area (Å²) in [6.07, 6.45) is 5.80. The number of carbonyl (C=O) groups is 4. The smallest absolute Gasteiger partial charge is 0.338 e. The number of nitrogens with zero attached hydrogens (tertiary/aromatic N) is 2. The van der Waals surface area contributed by atoms with Gasteiger partial charge < -0.3 is 61.9 Å². The number of esters is 4. The fourth-order valence-electron chi connectivity index (χ4n) is 6.58. The quantitative estimate of drug-likeness (QED) is 0.103. The SMILES string of the molecule is C[N+]1(CCC(=O)OCCCCCOC(=O)CC[N+]2(C)CCCC(OC(=O)c3ccc(Cl)cc3)C2)CCCC(OC(=O)c2ccc(Cl)cc2)C1.[Br-].[Br-]. The average molecular weight is 882 g/mol. The van der Waals surface area contributed by atoms with Crippen LogP contribution in [-0.4, -0.2) is 112 Å². The molecule has 2 aromatic rings. The Morgan fingerprint density at radius 2 is 1.00 bits per heavy atom. The van der Waals surface area contributed by atoms with E-state index in [1.165, 1.54) is 0 Å². The van der Waals surface area contributed by atoms with Crippen molar-refractivity contribution in [2.45, 2.75) is 70.0 Å². The normalized spacial score (nSPS) is 22.7. The highest BCUT2D eigenvalue weighted by molar-refractivity contribution is 6.31. The number of rotatable bonds is 16. The van der Waals surface area contributed by atoms with Gasteiger partial charge in [-0.1, -0.05) is 23.2 Å². The molecule has 2 saturated heterocycles. The summed E-state index contributed by atoms with van der Waals surface area (Å²) in [7, 11) is 4.17. The fourth-order valence-corrected chi connectivity index (χ4v) is 6.83. The zero-order valence-electron chi connectivity index (χ0n) is 29.5. The Labute approximate surface area is 332 Å². The molecule has 10 nitrogen and oxygen atoms in total. The number of likely N-dealkylation sites (tertiary alicyclic amines) is 2. The number of halogens is 4. The van der Waals surface area contributed by atoms with E-state index < -0.39 is 0 Å². The number of hydrogen-bond acceptors (Lipinski definition) is 8. The summed E-state index contributed by atoms with van der Waals surface area (Å²) in [5.41, 5.74) is 0.947. The van der Waals surface area contributed by atoms with Crippen LogP contribution >= 0.6 is 23.2 Å². The van der Waals surface area contributed by atoms with Crippen molar-refractivity contribution >= 4 is 47.1 Å². The molecule has 0 N–H and O–H groups in total. The van der Waals surface area contributed by atoms with E-state index in [9.17, 15) is 19.2 Å². The van der Waals surface area contributed by atoms with Gasteiger partial charge in [-0.15, -0.1) is 0 Å². The Morgan fingerprint density at radius 3 is 1.37 bits per heavy atom. The molecule has 0 spiro atoms. The van der Waals surface area contributed by atoms with Crippen LogP contribution < -0.4 is 34.0 Å². The van der Waals surface area contributed by atoms with Gasteiger partial charge in [0.25, 0.3) is 0 Å². The number of carbonyl (C=O) groups excluding carboxylic acids is 4. The Balaban J connectivity index is 0.00000451. The van der Waals surface area contributed by atoms with Crippen LogP contribution in [-0.2, 0) is 28.5 Å². The maximum atomic E-state index is 12.5. The van der Waals surface area contributed by atoms with Crippen LogP contribution in [0.2, 0.25) is 10.0 Å². The van der Waals surface area contributed by atoms with Crippen LogP contribution in [0.5, 0.6) is 0 Å². The molecular formula is C37H50Br2Cl2N2O8. The maximum absolute atomic E-state index is 12.5. The third-order valence-electron chi connectivity index (χ3n) is 9.47. The lowest BCUT2D eigenvalue weighted by Crippen LogP contribution is -3.00. The molecule has 0 aliphatic carbocycles. The molecule has 2 fully saturated rings. The number of hydrogen-bond donors (Lipinski definition) is 0. The molecule has 0 amide bonds. The van der Waals surface area contributed by atoms with Crippen LogP contribution in [0.25, 0.3) is 0 Å². The molecule has 2 heterocycles. The van der Waals surface area contributed by atoms with E-state index >= 15 is 0 Å². The number of likely N-dealkylation sites (N-methyl/N-ethyl adjacent to an activating group) is 2. The van der Waals surface area contributed by atoms with Crippen molar-refractivity contribution in [3.05, 3.63) is 69.7 Å². The largest absolute Gasteiger partial charge is 1.00 e. The maximum Gasteiger partial charge on any atom is 0.338 e. The predicted octanol–water partition coefficient (Wildman–Crippen LogP) is 0.270. The van der Waals surface area contributed by atoms with Gasteiger partial charge in [-0.05, 0) is 80.6 Å². The summed E-state index contributed by atoms with van der Waals surface area (Å²) < 4.78 is 23.7. The van der Waals surface area contributed by atoms with E-state index in [-0.39, 0.29) is 70.0 Å². The molecule has 2 aromatic carbocycles. The molecule has 14 heteroatoms. The molecule has 0 radical (unpaired) electrons. The zero-order chi connectivity index (χ0) is 35.3. The number of benzene rings is 2. The van der Waals surface area contributed by atoms with Crippen molar-refractivity contribution in [1.82, 2.24) is 0 Å². The standard InChI is InChI=1S/C37H50Cl2N2O8.2BrH/c1-40(20-6-8-32(26-40)48-36(44)28-10-14-30(38)15-11-28)22-18-34(42)46-24-4-3-5-25-47-35(43)19-23-41(2)21-7-9-33(27-41)49-37(45)29-12-16-31(39)17-13-29;;/h10-17,32-33H,3-9,18-27H2,1-2H3;2*1H/q+2;;/p-2. The van der Waals surface area contributed by atoms with Crippen LogP contribution in [0, 0.1) is 0 Å². The second-order valence-electron chi connectivity index (χ2n) is 13.9. The van der Waals surface area contributed by atoms with Gasteiger partial charge in [0.15, 0.2) is 12.2 Å². The molecule has 284 valence electrons. The molecule has 51 heavy (non-hydrogen) atoms. The molecule has 0 saturated carbocycles. The third kappa shape index (κ3) is 15.7. The van der Waals surface area contributed by atoms with Crippen molar-refractivity contribution in [2.24, 2.45) is 0 Å². The first-order chi connectivity index (χ1) is 23.4. The predicted molar refractivity (Wildman–Crippen MR) is 186 cm³/mol. The molecular weight excluding hydrogens is 831 g/mol. The molecule has 4 atom stereocenters. The van der Waals surface area contributed by atoms with E-state index in [2.05, 4.69) is 14.1 Å². The summed E-state index contributed by atoms with van der Waals surface area (Å²) in [6.45, 7) is 5.05. The summed E-state index contributed by atoms with van der Waals surface area (Å²) in [5, 5.41) is 1.13. The van der Waals surface area contributed by atoms with Crippen LogP contribution in [0.4, 0.5) is 0 Å². The van der Waals surface area contributed by atoms with E-state index in [0.29, 0.717) is 95.2 Å². The molecule has 2 aliphatic rings. The molecule has 4 rings (SSSR count). The Bertz CT molecular complexity index is 1310. The van der Waals surface area contributed by atoms with Crippen LogP contribution in [0.15, 0.2) is 48.5 Å². The molecule has 2 aliphatic heterocycles. The van der Waals surface area contributed by atoms with Crippen molar-refractivity contribution in [3.8, 4) is 0 Å². The van der Waals surface area contributed by atoms with E-state index in [1.807, 2.05) is 0 Å². The second kappa shape index (κ2) is 22.1. The van der Waals surface area contributed by atoms with Gasteiger partial charge in [-0.3, -0.25) is 9.59 Å². The number of piperidine rings is 2. The van der Waals surface area contributed by atoms with Gasteiger partial charge in [0.05, 0.1) is 77.5 Å². The van der Waals surface area contributed by atoms with Crippen molar-refractivity contribution in [1.29, 1.82) is 0 Å². The minimum Gasteiger partial charge on any atom is -1.00 e. The molecule has 4 unspecified atom stereocenters. The van der Waals surface area contributed by atoms with Gasteiger partial charge in [0.1, 0.15) is 13.1 Å². The van der Waals surface area contributed by atoms with Crippen molar-refractivity contribution in [3.63, 3.8) is 0 Å². The minimum absolute atomic E-state index is 0.